The molecule has 1 aliphatic heterocycles. The second-order valence-corrected chi connectivity index (χ2v) is 6.76. The Kier molecular flexibility index (Phi) is 6.47. The van der Waals surface area contributed by atoms with Gasteiger partial charge in [-0.1, -0.05) is 24.3 Å². The third-order valence-electron chi connectivity index (χ3n) is 4.54. The first-order chi connectivity index (χ1) is 13.5. The highest BCUT2D eigenvalue weighted by atomic mass is 19.1. The Morgan fingerprint density at radius 1 is 1.29 bits per heavy atom. The summed E-state index contributed by atoms with van der Waals surface area (Å²) in [6.45, 7) is 2.98. The number of anilines is 1. The Morgan fingerprint density at radius 3 is 2.89 bits per heavy atom. The number of carbonyl (C=O) groups excluding carboxylic acids is 1. The predicted molar refractivity (Wildman–Crippen MR) is 108 cm³/mol. The van der Waals surface area contributed by atoms with Crippen molar-refractivity contribution in [1.82, 2.24) is 10.6 Å². The number of guanidine groups is 1. The molecule has 0 bridgehead atoms. The number of para-hydroxylation sites is 1. The standard InChI is InChI=1S/C21H25FN4O2/c1-14(28-17-7-5-6-16(22)11-17)12-24-21(23-2)25-13-15-10-20(27)26-19-9-4-3-8-18(15)19/h3-9,11,14-15H,10,12-13H2,1-2H3,(H,26,27)(H2,23,24,25). The summed E-state index contributed by atoms with van der Waals surface area (Å²) in [5.41, 5.74) is 1.98. The van der Waals surface area contributed by atoms with Gasteiger partial charge in [-0.3, -0.25) is 9.79 Å². The fraction of sp³-hybridized carbons (Fsp3) is 0.333. The van der Waals surface area contributed by atoms with Crippen LogP contribution < -0.4 is 20.7 Å². The van der Waals surface area contributed by atoms with E-state index in [1.54, 1.807) is 19.2 Å². The smallest absolute Gasteiger partial charge is 0.225 e. The molecule has 2 unspecified atom stereocenters. The van der Waals surface area contributed by atoms with Gasteiger partial charge in [0.15, 0.2) is 5.96 Å². The van der Waals surface area contributed by atoms with Crippen LogP contribution in [-0.4, -0.2) is 38.1 Å². The molecule has 0 saturated heterocycles. The molecule has 2 aromatic rings. The number of hydrogen-bond donors (Lipinski definition) is 3. The first-order valence-electron chi connectivity index (χ1n) is 9.30. The van der Waals surface area contributed by atoms with E-state index in [-0.39, 0.29) is 23.7 Å². The molecule has 3 N–H and O–H groups in total. The fourth-order valence-corrected chi connectivity index (χ4v) is 3.18. The summed E-state index contributed by atoms with van der Waals surface area (Å²) in [6, 6.07) is 13.9. The number of amides is 1. The lowest BCUT2D eigenvalue weighted by Crippen LogP contribution is -2.43. The molecule has 2 aromatic carbocycles. The lowest BCUT2D eigenvalue weighted by molar-refractivity contribution is -0.116. The van der Waals surface area contributed by atoms with E-state index < -0.39 is 0 Å². The van der Waals surface area contributed by atoms with Crippen LogP contribution in [0.4, 0.5) is 10.1 Å². The molecule has 148 valence electrons. The van der Waals surface area contributed by atoms with Gasteiger partial charge in [-0.15, -0.1) is 0 Å². The second kappa shape index (κ2) is 9.21. The Hall–Kier alpha value is -3.09. The minimum atomic E-state index is -0.327. The van der Waals surface area contributed by atoms with Crippen LogP contribution in [0.25, 0.3) is 0 Å². The van der Waals surface area contributed by atoms with Crippen LogP contribution >= 0.6 is 0 Å². The molecule has 3 rings (SSSR count). The van der Waals surface area contributed by atoms with Crippen molar-refractivity contribution in [3.05, 3.63) is 59.9 Å². The van der Waals surface area contributed by atoms with Crippen LogP contribution in [0.1, 0.15) is 24.8 Å². The molecule has 0 fully saturated rings. The summed E-state index contributed by atoms with van der Waals surface area (Å²) in [5.74, 6) is 0.877. The highest BCUT2D eigenvalue weighted by molar-refractivity contribution is 5.94. The summed E-state index contributed by atoms with van der Waals surface area (Å²) < 4.78 is 19.0. The molecule has 1 amide bonds. The third-order valence-corrected chi connectivity index (χ3v) is 4.54. The lowest BCUT2D eigenvalue weighted by Gasteiger charge is -2.26. The number of nitrogens with zero attached hydrogens (tertiary/aromatic N) is 1. The molecule has 0 aromatic heterocycles. The van der Waals surface area contributed by atoms with Gasteiger partial charge < -0.3 is 20.7 Å². The van der Waals surface area contributed by atoms with Gasteiger partial charge in [-0.05, 0) is 30.7 Å². The Bertz CT molecular complexity index is 856. The Balaban J connectivity index is 1.50. The lowest BCUT2D eigenvalue weighted by atomic mass is 9.90. The molecule has 0 saturated carbocycles. The van der Waals surface area contributed by atoms with Crippen molar-refractivity contribution in [2.75, 3.05) is 25.5 Å². The van der Waals surface area contributed by atoms with Gasteiger partial charge in [0.25, 0.3) is 0 Å². The van der Waals surface area contributed by atoms with Crippen LogP contribution in [-0.2, 0) is 4.79 Å². The molecule has 7 heteroatoms. The van der Waals surface area contributed by atoms with Gasteiger partial charge in [-0.25, -0.2) is 4.39 Å². The highest BCUT2D eigenvalue weighted by Gasteiger charge is 2.24. The van der Waals surface area contributed by atoms with Gasteiger partial charge in [0.2, 0.25) is 5.91 Å². The van der Waals surface area contributed by atoms with Crippen LogP contribution in [0.5, 0.6) is 5.75 Å². The average molecular weight is 384 g/mol. The van der Waals surface area contributed by atoms with Gasteiger partial charge >= 0.3 is 0 Å². The van der Waals surface area contributed by atoms with E-state index in [9.17, 15) is 9.18 Å². The number of benzene rings is 2. The van der Waals surface area contributed by atoms with E-state index in [4.69, 9.17) is 4.74 Å². The SMILES string of the molecule is CN=C(NCC(C)Oc1cccc(F)c1)NCC1CC(=O)Nc2ccccc21. The second-order valence-electron chi connectivity index (χ2n) is 6.76. The van der Waals surface area contributed by atoms with Crippen molar-refractivity contribution in [1.29, 1.82) is 0 Å². The predicted octanol–water partition coefficient (Wildman–Crippen LogP) is 2.88. The monoisotopic (exact) mass is 384 g/mol. The molecular formula is C21H25FN4O2. The average Bonchev–Trinajstić information content (AvgIpc) is 2.67. The van der Waals surface area contributed by atoms with Gasteiger partial charge in [0, 0.05) is 37.7 Å². The topological polar surface area (TPSA) is 74.8 Å². The zero-order valence-electron chi connectivity index (χ0n) is 16.0. The van der Waals surface area contributed by atoms with E-state index in [0.29, 0.717) is 31.2 Å². The zero-order valence-corrected chi connectivity index (χ0v) is 16.0. The minimum absolute atomic E-state index is 0.0190. The number of carbonyl (C=O) groups is 1. The van der Waals surface area contributed by atoms with Crippen molar-refractivity contribution in [3.63, 3.8) is 0 Å². The first kappa shape index (κ1) is 19.7. The molecule has 1 aliphatic rings. The van der Waals surface area contributed by atoms with Crippen molar-refractivity contribution < 1.29 is 13.9 Å². The van der Waals surface area contributed by atoms with Gasteiger partial charge in [0.05, 0.1) is 6.54 Å². The maximum Gasteiger partial charge on any atom is 0.225 e. The molecule has 1 heterocycles. The molecule has 0 aliphatic carbocycles. The number of fused-ring (bicyclic) bond motifs is 1. The molecule has 28 heavy (non-hydrogen) atoms. The summed E-state index contributed by atoms with van der Waals surface area (Å²) >= 11 is 0. The minimum Gasteiger partial charge on any atom is -0.489 e. The molecule has 0 spiro atoms. The summed E-state index contributed by atoms with van der Waals surface area (Å²) in [5, 5.41) is 9.37. The van der Waals surface area contributed by atoms with Crippen molar-refractivity contribution in [2.24, 2.45) is 4.99 Å². The maximum atomic E-state index is 13.2. The number of ether oxygens (including phenoxy) is 1. The maximum absolute atomic E-state index is 13.2. The molecule has 6 nitrogen and oxygen atoms in total. The van der Waals surface area contributed by atoms with Crippen molar-refractivity contribution in [2.45, 2.75) is 25.4 Å². The number of aliphatic imine (C=N–C) groups is 1. The Labute approximate surface area is 164 Å². The largest absolute Gasteiger partial charge is 0.489 e. The van der Waals surface area contributed by atoms with E-state index in [1.165, 1.54) is 12.1 Å². The van der Waals surface area contributed by atoms with Crippen LogP contribution in [0.15, 0.2) is 53.5 Å². The number of nitrogens with one attached hydrogen (secondary N) is 3. The first-order valence-corrected chi connectivity index (χ1v) is 9.30. The van der Waals surface area contributed by atoms with E-state index in [1.807, 2.05) is 31.2 Å². The van der Waals surface area contributed by atoms with Gasteiger partial charge in [0.1, 0.15) is 17.7 Å². The van der Waals surface area contributed by atoms with Gasteiger partial charge in [-0.2, -0.15) is 0 Å². The highest BCUT2D eigenvalue weighted by Crippen LogP contribution is 2.31. The zero-order chi connectivity index (χ0) is 19.9. The van der Waals surface area contributed by atoms with E-state index >= 15 is 0 Å². The fourth-order valence-electron chi connectivity index (χ4n) is 3.18. The normalized spacial score (nSPS) is 17.3. The van der Waals surface area contributed by atoms with Crippen molar-refractivity contribution in [3.8, 4) is 5.75 Å². The molecular weight excluding hydrogens is 359 g/mol. The van der Waals surface area contributed by atoms with E-state index in [2.05, 4.69) is 20.9 Å². The molecule has 2 atom stereocenters. The number of hydrogen-bond acceptors (Lipinski definition) is 3. The van der Waals surface area contributed by atoms with Crippen LogP contribution in [0.2, 0.25) is 0 Å². The summed E-state index contributed by atoms with van der Waals surface area (Å²) in [4.78, 5) is 16.2. The summed E-state index contributed by atoms with van der Waals surface area (Å²) in [6.07, 6.45) is 0.252. The summed E-state index contributed by atoms with van der Waals surface area (Å²) in [7, 11) is 1.69. The quantitative estimate of drug-likeness (QED) is 0.529. The third kappa shape index (κ3) is 5.22. The molecule has 0 radical (unpaired) electrons. The van der Waals surface area contributed by atoms with Crippen molar-refractivity contribution >= 4 is 17.6 Å². The van der Waals surface area contributed by atoms with E-state index in [0.717, 1.165) is 11.3 Å². The van der Waals surface area contributed by atoms with Crippen LogP contribution in [0.3, 0.4) is 0 Å². The van der Waals surface area contributed by atoms with Crippen LogP contribution in [0, 0.1) is 5.82 Å². The Morgan fingerprint density at radius 2 is 2.11 bits per heavy atom. The number of rotatable bonds is 6. The number of halogens is 1.